The lowest BCUT2D eigenvalue weighted by Gasteiger charge is -2.48. The normalized spacial score (nSPS) is 21.5. The maximum atomic E-state index is 14.6. The second-order valence-electron chi connectivity index (χ2n) is 31.7. The molecule has 0 spiro atoms. The van der Waals surface area contributed by atoms with Gasteiger partial charge in [0.05, 0.1) is 86.4 Å². The van der Waals surface area contributed by atoms with Gasteiger partial charge in [-0.2, -0.15) is 24.7 Å². The van der Waals surface area contributed by atoms with Crippen molar-refractivity contribution in [2.75, 3.05) is 56.9 Å². The maximum Gasteiger partial charge on any atom is 0.435 e. The predicted octanol–water partition coefficient (Wildman–Crippen LogP) is 12.6. The summed E-state index contributed by atoms with van der Waals surface area (Å²) in [5.41, 5.74) is -1.84. The fourth-order valence-electron chi connectivity index (χ4n) is 15.2. The number of alkyl halides is 9. The van der Waals surface area contributed by atoms with E-state index in [4.69, 9.17) is 28.8 Å². The van der Waals surface area contributed by atoms with Crippen molar-refractivity contribution in [1.82, 2.24) is 54.8 Å². The molecule has 3 aliphatic heterocycles. The zero-order valence-electron chi connectivity index (χ0n) is 64.8. The molecule has 28 nitrogen and oxygen atoms in total. The summed E-state index contributed by atoms with van der Waals surface area (Å²) in [6, 6.07) is 27.1. The first-order valence-corrected chi connectivity index (χ1v) is 37.1. The lowest BCUT2D eigenvalue weighted by molar-refractivity contribution is -0.174. The number of carbonyl (C=O) groups excluding carboxylic acids is 7. The summed E-state index contributed by atoms with van der Waals surface area (Å²) in [7, 11) is 4.42. The molecule has 37 heteroatoms. The van der Waals surface area contributed by atoms with Crippen LogP contribution in [0.15, 0.2) is 134 Å². The van der Waals surface area contributed by atoms with Gasteiger partial charge in [0.1, 0.15) is 87.1 Å². The molecule has 0 bridgehead atoms. The van der Waals surface area contributed by atoms with E-state index >= 15 is 0 Å². The third-order valence-electron chi connectivity index (χ3n) is 20.7. The lowest BCUT2D eigenvalue weighted by atomic mass is 9.61. The zero-order valence-corrected chi connectivity index (χ0v) is 64.8. The first-order chi connectivity index (χ1) is 55.0. The number of H-pyrrole nitrogens is 1. The molecule has 3 saturated heterocycles. The van der Waals surface area contributed by atoms with E-state index in [1.807, 2.05) is 0 Å². The van der Waals surface area contributed by atoms with E-state index in [9.17, 15) is 77.9 Å². The molecule has 6 atom stereocenters. The number of rotatable bonds is 15. The molecule has 6 N–H and O–H groups in total. The molecule has 3 aliphatic carbocycles. The molecule has 6 fully saturated rings. The first kappa shape index (κ1) is 84.5. The minimum Gasteiger partial charge on any atom is -0.497 e. The summed E-state index contributed by atoms with van der Waals surface area (Å²) >= 11 is 0. The third kappa shape index (κ3) is 18.5. The number of halogens is 9. The Labute approximate surface area is 662 Å². The van der Waals surface area contributed by atoms with Crippen LogP contribution in [-0.4, -0.2) is 209 Å². The van der Waals surface area contributed by atoms with Crippen LogP contribution in [-0.2, 0) is 54.5 Å². The highest BCUT2D eigenvalue weighted by Crippen LogP contribution is 2.57. The van der Waals surface area contributed by atoms with E-state index in [2.05, 4.69) is 51.6 Å². The summed E-state index contributed by atoms with van der Waals surface area (Å²) < 4.78 is 153. The molecular formula is C80H85F9N14O14. The van der Waals surface area contributed by atoms with Gasteiger partial charge in [-0.3, -0.25) is 33.9 Å². The number of hydrogen-bond donors (Lipinski definition) is 6. The molecule has 117 heavy (non-hydrogen) atoms. The van der Waals surface area contributed by atoms with Crippen molar-refractivity contribution in [2.45, 2.75) is 181 Å². The average Bonchev–Trinajstić information content (AvgIpc) is 1.67. The zero-order chi connectivity index (χ0) is 84.7. The number of aromatic amines is 1. The van der Waals surface area contributed by atoms with Crippen molar-refractivity contribution >= 4 is 98.0 Å². The maximum absolute atomic E-state index is 14.6. The number of carbonyl (C=O) groups is 8. The Morgan fingerprint density at radius 3 is 1.33 bits per heavy atom. The Hall–Kier alpha value is -11.9. The minimum atomic E-state index is -3.06. The quantitative estimate of drug-likeness (QED) is 0.0519. The highest BCUT2D eigenvalue weighted by Gasteiger charge is 2.66. The van der Waals surface area contributed by atoms with Crippen molar-refractivity contribution < 1.29 is 107 Å². The fraction of sp³-hybridized carbons (Fsp3) is 0.438. The summed E-state index contributed by atoms with van der Waals surface area (Å²) in [5.74, 6) is -11.3. The third-order valence-corrected chi connectivity index (χ3v) is 20.7. The number of methoxy groups -OCH3 is 3. The molecule has 4 aromatic carbocycles. The number of carboxylic acids is 1. The SMILES string of the molecule is CC(C)(C)OC(=O)n1ncc2cc(NC(=O)[C@H]3C[C@@H](F)CN3)ccc21.COc1ccc(C2(C(=O)N3C[C@H](F)C[C@@H]3C(=O)Nc3ccc4[nH]ncc4n3)CC(F)(F)C2)cc1.COc1ccc(C2(C(=O)N3C[C@H](F)C[C@@H]3C(=O)Nc3ccc4c(cnn4C(=O)OC(C)(C)C)n3)CC(F)(F)C2)cc1.COc1ccc(C2(C(=O)O)CC(F)(F)C2)cc1. The molecule has 0 unspecified atom stereocenters. The monoisotopic (exact) mass is 1640 g/mol. The topological polar surface area (TPSA) is 348 Å². The summed E-state index contributed by atoms with van der Waals surface area (Å²) in [4.78, 5) is 112. The number of anilines is 3. The van der Waals surface area contributed by atoms with Gasteiger partial charge in [0.25, 0.3) is 17.8 Å². The molecule has 5 aromatic heterocycles. The molecule has 6 aliphatic rings. The number of aromatic nitrogens is 8. The van der Waals surface area contributed by atoms with Gasteiger partial charge >= 0.3 is 18.2 Å². The van der Waals surface area contributed by atoms with Gasteiger partial charge in [-0.25, -0.2) is 59.1 Å². The summed E-state index contributed by atoms with van der Waals surface area (Å²) in [5, 5.41) is 35.3. The Balaban J connectivity index is 0.000000150. The number of amides is 5. The van der Waals surface area contributed by atoms with Crippen LogP contribution in [0.3, 0.4) is 0 Å². The van der Waals surface area contributed by atoms with Gasteiger partial charge in [0.2, 0.25) is 29.5 Å². The summed E-state index contributed by atoms with van der Waals surface area (Å²) in [6.07, 6.45) is -5.38. The Kier molecular flexibility index (Phi) is 23.6. The predicted molar refractivity (Wildman–Crippen MR) is 406 cm³/mol. The molecule has 0 radical (unpaired) electrons. The van der Waals surface area contributed by atoms with Crippen LogP contribution < -0.4 is 35.5 Å². The van der Waals surface area contributed by atoms with E-state index in [1.165, 1.54) is 68.9 Å². The van der Waals surface area contributed by atoms with Crippen LogP contribution in [0.4, 0.5) is 66.4 Å². The lowest BCUT2D eigenvalue weighted by Crippen LogP contribution is -2.60. The molecule has 5 amide bonds. The van der Waals surface area contributed by atoms with E-state index in [1.54, 1.807) is 133 Å². The van der Waals surface area contributed by atoms with E-state index in [0.29, 0.717) is 67.1 Å². The van der Waals surface area contributed by atoms with Gasteiger partial charge < -0.3 is 59.9 Å². The Morgan fingerprint density at radius 2 is 0.906 bits per heavy atom. The van der Waals surface area contributed by atoms with Gasteiger partial charge in [0.15, 0.2) is 0 Å². The number of nitrogens with zero attached hydrogens (tertiary/aromatic N) is 9. The van der Waals surface area contributed by atoms with Gasteiger partial charge in [-0.05, 0) is 137 Å². The minimum absolute atomic E-state index is 0.0843. The van der Waals surface area contributed by atoms with Crippen molar-refractivity contribution in [3.05, 3.63) is 151 Å². The molecule has 15 rings (SSSR count). The summed E-state index contributed by atoms with van der Waals surface area (Å²) in [6.45, 7) is 9.96. The van der Waals surface area contributed by atoms with Crippen molar-refractivity contribution in [3.63, 3.8) is 0 Å². The number of carboxylic acid groups (broad SMARTS) is 1. The average molecular weight is 1640 g/mol. The number of fused-ring (bicyclic) bond motifs is 3. The number of hydrogen-bond acceptors (Lipinski definition) is 19. The van der Waals surface area contributed by atoms with Crippen LogP contribution in [0.5, 0.6) is 17.2 Å². The van der Waals surface area contributed by atoms with E-state index < -0.39 is 169 Å². The van der Waals surface area contributed by atoms with Crippen LogP contribution in [0, 0.1) is 0 Å². The van der Waals surface area contributed by atoms with Crippen LogP contribution >= 0.6 is 0 Å². The number of aliphatic carboxylic acids is 1. The van der Waals surface area contributed by atoms with Crippen molar-refractivity contribution in [3.8, 4) is 17.2 Å². The molecule has 9 aromatic rings. The van der Waals surface area contributed by atoms with E-state index in [0.717, 1.165) is 14.5 Å². The Bertz CT molecular complexity index is 5210. The number of likely N-dealkylation sites (tertiary alicyclic amines) is 2. The van der Waals surface area contributed by atoms with Gasteiger partial charge in [-0.15, -0.1) is 0 Å². The number of nitrogens with one attached hydrogen (secondary N) is 5. The molecule has 3 saturated carbocycles. The molecular weight excluding hydrogens is 1550 g/mol. The number of ether oxygens (including phenoxy) is 5. The van der Waals surface area contributed by atoms with Crippen molar-refractivity contribution in [1.29, 1.82) is 0 Å². The van der Waals surface area contributed by atoms with Crippen LogP contribution in [0.25, 0.3) is 33.0 Å². The second-order valence-corrected chi connectivity index (χ2v) is 31.7. The van der Waals surface area contributed by atoms with Gasteiger partial charge in [-0.1, -0.05) is 36.4 Å². The first-order valence-electron chi connectivity index (χ1n) is 37.1. The number of pyridine rings is 2. The van der Waals surface area contributed by atoms with Crippen LogP contribution in [0.2, 0.25) is 0 Å². The Morgan fingerprint density at radius 1 is 0.487 bits per heavy atom. The number of benzene rings is 4. The standard InChI is InChI=1S/C28H30F3N5O5.C23H22F3N5O3.C17H21FN4O3.C12H12F2O3/c1-26(2,3)41-25(39)36-20-9-10-22(33-19(20)12-32-36)34-23(37)21-11-17(29)13-35(21)24(38)27(14-28(30,31)15-27)16-5-7-18(40-4)8-6-16;1-34-15-4-2-13(3-5-15)22(11-23(25,26)12-22)21(33)31-10-14(24)8-18(31)20(32)29-19-7-6-16-17(28-19)9-27-30-16;1-17(2,3)25-16(24)22-14-5-4-12(6-10(14)8-20-22)21-15(23)13-7-11(18)9-19-13;1-17-9-4-2-8(3-5-9)11(10(15)16)6-12(13,14)7-11/h5-10,12,17,21H,11,13-15H2,1-4H3,(H,33,34,37);2-7,9,14,18H,8,10-12H2,1H3,(H,27,30)(H,28,29,32);4-6,8,11,13,19H,7,9H2,1-3H3,(H,21,23);2-5H,6-7H2,1H3,(H,15,16)/t17-,21-;14-,18-;11-,13-;/m111./s1. The highest BCUT2D eigenvalue weighted by molar-refractivity contribution is 6.02. The fourth-order valence-corrected chi connectivity index (χ4v) is 15.2. The highest BCUT2D eigenvalue weighted by atomic mass is 19.3. The van der Waals surface area contributed by atoms with Crippen LogP contribution in [0.1, 0.15) is 116 Å². The molecule has 8 heterocycles. The van der Waals surface area contributed by atoms with Crippen molar-refractivity contribution in [2.24, 2.45) is 0 Å². The largest absolute Gasteiger partial charge is 0.497 e. The van der Waals surface area contributed by atoms with E-state index in [-0.39, 0.29) is 55.4 Å². The smallest absolute Gasteiger partial charge is 0.435 e. The molecule has 622 valence electrons. The van der Waals surface area contributed by atoms with Gasteiger partial charge in [0, 0.05) is 75.4 Å². The second kappa shape index (κ2) is 32.6.